The van der Waals surface area contributed by atoms with E-state index in [1.165, 1.54) is 7.11 Å². The lowest BCUT2D eigenvalue weighted by Crippen LogP contribution is -2.45. The normalized spacial score (nSPS) is 16.5. The number of carbonyl (C=O) groups excluding carboxylic acids is 1. The minimum absolute atomic E-state index is 0.301. The predicted molar refractivity (Wildman–Crippen MR) is 50.3 cm³/mol. The van der Waals surface area contributed by atoms with Crippen LogP contribution in [-0.2, 0) is 14.3 Å². The van der Waals surface area contributed by atoms with E-state index in [1.54, 1.807) is 6.92 Å². The molecule has 0 aromatic carbocycles. The minimum atomic E-state index is -0.718. The molecule has 4 nitrogen and oxygen atoms in total. The van der Waals surface area contributed by atoms with Gasteiger partial charge in [0.2, 0.25) is 0 Å². The third-order valence-corrected chi connectivity index (χ3v) is 1.52. The Morgan fingerprint density at radius 1 is 1.38 bits per heavy atom. The molecule has 0 amide bonds. The van der Waals surface area contributed by atoms with E-state index >= 15 is 0 Å². The number of esters is 1. The van der Waals surface area contributed by atoms with E-state index in [0.29, 0.717) is 0 Å². The van der Waals surface area contributed by atoms with Crippen molar-refractivity contribution in [3.05, 3.63) is 0 Å². The molecule has 0 aliphatic heterocycles. The van der Waals surface area contributed by atoms with Crippen molar-refractivity contribution in [3.63, 3.8) is 0 Å². The van der Waals surface area contributed by atoms with Gasteiger partial charge in [-0.05, 0) is 27.7 Å². The third-order valence-electron chi connectivity index (χ3n) is 1.52. The van der Waals surface area contributed by atoms with Crippen LogP contribution >= 0.6 is 0 Å². The quantitative estimate of drug-likeness (QED) is 0.663. The van der Waals surface area contributed by atoms with Crippen LogP contribution in [0.4, 0.5) is 0 Å². The second-order valence-corrected chi connectivity index (χ2v) is 3.98. The summed E-state index contributed by atoms with van der Waals surface area (Å²) in [6.45, 7) is 7.49. The number of hydrogen-bond donors (Lipinski definition) is 1. The van der Waals surface area contributed by atoms with Crippen molar-refractivity contribution in [2.75, 3.05) is 7.11 Å². The molecule has 0 saturated carbocycles. The van der Waals surface area contributed by atoms with E-state index < -0.39 is 12.0 Å². The number of nitrogens with two attached hydrogens (primary N) is 1. The van der Waals surface area contributed by atoms with Gasteiger partial charge >= 0.3 is 5.97 Å². The van der Waals surface area contributed by atoms with Crippen LogP contribution in [0.25, 0.3) is 0 Å². The molecule has 0 unspecified atom stereocenters. The predicted octanol–water partition coefficient (Wildman–Crippen LogP) is 0.690. The second-order valence-electron chi connectivity index (χ2n) is 3.98. The van der Waals surface area contributed by atoms with Crippen molar-refractivity contribution >= 4 is 5.97 Å². The fraction of sp³-hybridized carbons (Fsp3) is 0.889. The first-order valence-corrected chi connectivity index (χ1v) is 4.29. The van der Waals surface area contributed by atoms with E-state index in [9.17, 15) is 4.79 Å². The Balaban J connectivity index is 4.11. The van der Waals surface area contributed by atoms with Crippen molar-refractivity contribution in [2.45, 2.75) is 45.4 Å². The molecule has 0 aliphatic rings. The molecule has 0 aromatic rings. The van der Waals surface area contributed by atoms with E-state index in [1.807, 2.05) is 20.8 Å². The topological polar surface area (TPSA) is 61.5 Å². The standard InChI is InChI=1S/C9H19NO3/c1-6(13-9(2,3)4)7(10)8(11)12-5/h6-7H,10H2,1-5H3/t6-,7-/m1/s1. The number of carbonyl (C=O) groups is 1. The molecule has 0 spiro atoms. The molecule has 0 saturated heterocycles. The zero-order chi connectivity index (χ0) is 10.6. The monoisotopic (exact) mass is 189 g/mol. The maximum Gasteiger partial charge on any atom is 0.325 e. The van der Waals surface area contributed by atoms with Crippen LogP contribution in [0.3, 0.4) is 0 Å². The minimum Gasteiger partial charge on any atom is -0.468 e. The number of methoxy groups -OCH3 is 1. The lowest BCUT2D eigenvalue weighted by molar-refractivity contribution is -0.149. The van der Waals surface area contributed by atoms with Gasteiger partial charge in [0.05, 0.1) is 18.8 Å². The largest absolute Gasteiger partial charge is 0.468 e. The van der Waals surface area contributed by atoms with E-state index in [0.717, 1.165) is 0 Å². The van der Waals surface area contributed by atoms with Gasteiger partial charge in [-0.1, -0.05) is 0 Å². The molecular formula is C9H19NO3. The highest BCUT2D eigenvalue weighted by atomic mass is 16.5. The molecule has 0 bridgehead atoms. The fourth-order valence-corrected chi connectivity index (χ4v) is 0.959. The number of hydrogen-bond acceptors (Lipinski definition) is 4. The number of rotatable bonds is 3. The van der Waals surface area contributed by atoms with Crippen LogP contribution in [0.15, 0.2) is 0 Å². The number of ether oxygens (including phenoxy) is 2. The summed E-state index contributed by atoms with van der Waals surface area (Å²) in [7, 11) is 1.31. The lowest BCUT2D eigenvalue weighted by Gasteiger charge is -2.27. The lowest BCUT2D eigenvalue weighted by atomic mass is 10.1. The van der Waals surface area contributed by atoms with Gasteiger partial charge < -0.3 is 15.2 Å². The fourth-order valence-electron chi connectivity index (χ4n) is 0.959. The molecule has 4 heteroatoms. The molecular weight excluding hydrogens is 170 g/mol. The SMILES string of the molecule is COC(=O)[C@H](N)[C@@H](C)OC(C)(C)C. The van der Waals surface area contributed by atoms with Crippen LogP contribution in [0.1, 0.15) is 27.7 Å². The van der Waals surface area contributed by atoms with Crippen LogP contribution in [-0.4, -0.2) is 30.8 Å². The summed E-state index contributed by atoms with van der Waals surface area (Å²) in [5.74, 6) is -0.447. The Hall–Kier alpha value is -0.610. The summed E-state index contributed by atoms with van der Waals surface area (Å²) in [5, 5.41) is 0. The van der Waals surface area contributed by atoms with Crippen molar-refractivity contribution < 1.29 is 14.3 Å². The van der Waals surface area contributed by atoms with E-state index in [-0.39, 0.29) is 11.7 Å². The zero-order valence-corrected chi connectivity index (χ0v) is 8.96. The Bertz CT molecular complexity index is 174. The highest BCUT2D eigenvalue weighted by molar-refractivity contribution is 5.75. The Morgan fingerprint density at radius 2 is 1.85 bits per heavy atom. The summed E-state index contributed by atoms with van der Waals surface area (Å²) in [6.07, 6.45) is -0.340. The maximum absolute atomic E-state index is 11.0. The van der Waals surface area contributed by atoms with Crippen LogP contribution in [0.2, 0.25) is 0 Å². The summed E-state index contributed by atoms with van der Waals surface area (Å²) in [4.78, 5) is 11.0. The van der Waals surface area contributed by atoms with Crippen molar-refractivity contribution in [3.8, 4) is 0 Å². The van der Waals surface area contributed by atoms with Crippen LogP contribution in [0, 0.1) is 0 Å². The van der Waals surface area contributed by atoms with Gasteiger partial charge in [0.15, 0.2) is 0 Å². The van der Waals surface area contributed by atoms with E-state index in [4.69, 9.17) is 10.5 Å². The highest BCUT2D eigenvalue weighted by Gasteiger charge is 2.26. The first-order chi connectivity index (χ1) is 5.78. The molecule has 13 heavy (non-hydrogen) atoms. The van der Waals surface area contributed by atoms with Gasteiger partial charge in [-0.3, -0.25) is 4.79 Å². The molecule has 0 fully saturated rings. The van der Waals surface area contributed by atoms with E-state index in [2.05, 4.69) is 4.74 Å². The van der Waals surface area contributed by atoms with Crippen LogP contribution in [0.5, 0.6) is 0 Å². The van der Waals surface area contributed by atoms with Crippen molar-refractivity contribution in [1.29, 1.82) is 0 Å². The molecule has 0 heterocycles. The van der Waals surface area contributed by atoms with Gasteiger partial charge in [-0.25, -0.2) is 0 Å². The average molecular weight is 189 g/mol. The molecule has 0 aromatic heterocycles. The van der Waals surface area contributed by atoms with Gasteiger partial charge in [-0.2, -0.15) is 0 Å². The summed E-state index contributed by atoms with van der Waals surface area (Å²) < 4.78 is 10.0. The Morgan fingerprint density at radius 3 is 2.15 bits per heavy atom. The first-order valence-electron chi connectivity index (χ1n) is 4.29. The molecule has 0 aliphatic carbocycles. The Labute approximate surface area is 79.4 Å². The third kappa shape index (κ3) is 4.85. The van der Waals surface area contributed by atoms with Gasteiger partial charge in [0.25, 0.3) is 0 Å². The van der Waals surface area contributed by atoms with Crippen LogP contribution < -0.4 is 5.73 Å². The van der Waals surface area contributed by atoms with Crippen molar-refractivity contribution in [2.24, 2.45) is 5.73 Å². The molecule has 0 radical (unpaired) electrons. The van der Waals surface area contributed by atoms with Crippen molar-refractivity contribution in [1.82, 2.24) is 0 Å². The van der Waals surface area contributed by atoms with Gasteiger partial charge in [0.1, 0.15) is 6.04 Å². The molecule has 2 N–H and O–H groups in total. The summed E-state index contributed by atoms with van der Waals surface area (Å²) in [6, 6.07) is -0.718. The molecule has 0 rings (SSSR count). The summed E-state index contributed by atoms with van der Waals surface area (Å²) >= 11 is 0. The summed E-state index contributed by atoms with van der Waals surface area (Å²) in [5.41, 5.74) is 5.28. The maximum atomic E-state index is 11.0. The van der Waals surface area contributed by atoms with Gasteiger partial charge in [-0.15, -0.1) is 0 Å². The van der Waals surface area contributed by atoms with Gasteiger partial charge in [0, 0.05) is 0 Å². The second kappa shape index (κ2) is 4.58. The smallest absolute Gasteiger partial charge is 0.325 e. The molecule has 2 atom stereocenters. The first kappa shape index (κ1) is 12.4. The Kier molecular flexibility index (Phi) is 4.36. The average Bonchev–Trinajstić information content (AvgIpc) is 1.98. The zero-order valence-electron chi connectivity index (χ0n) is 8.96. The highest BCUT2D eigenvalue weighted by Crippen LogP contribution is 2.12. The molecule has 78 valence electrons.